The zero-order valence-electron chi connectivity index (χ0n) is 11.1. The number of rotatable bonds is 4. The molecule has 5 nitrogen and oxygen atoms in total. The summed E-state index contributed by atoms with van der Waals surface area (Å²) < 4.78 is 11.1. The van der Waals surface area contributed by atoms with Crippen LogP contribution in [0.15, 0.2) is 23.1 Å². The summed E-state index contributed by atoms with van der Waals surface area (Å²) in [4.78, 5) is 14.4. The van der Waals surface area contributed by atoms with E-state index in [1.165, 1.54) is 16.7 Å². The quantitative estimate of drug-likeness (QED) is 0.675. The molecule has 0 aliphatic carbocycles. The Bertz CT molecular complexity index is 629. The fourth-order valence-corrected chi connectivity index (χ4v) is 3.38. The van der Waals surface area contributed by atoms with Crippen molar-refractivity contribution in [2.45, 2.75) is 6.42 Å². The van der Waals surface area contributed by atoms with Crippen LogP contribution < -0.4 is 9.47 Å². The second-order valence-electron chi connectivity index (χ2n) is 4.52. The molecule has 0 radical (unpaired) electrons. The molecule has 0 saturated carbocycles. The number of hydrogen-bond donors (Lipinski definition) is 1. The minimum absolute atomic E-state index is 0.0399. The van der Waals surface area contributed by atoms with Crippen LogP contribution in [0.3, 0.4) is 0 Å². The molecule has 21 heavy (non-hydrogen) atoms. The molecule has 0 unspecified atom stereocenters. The van der Waals surface area contributed by atoms with Gasteiger partial charge in [0.15, 0.2) is 11.5 Å². The molecule has 3 rings (SSSR count). The molecule has 0 aromatic heterocycles. The number of aliphatic hydroxyl groups is 1. The molecular weight excluding hydrogens is 310 g/mol. The second kappa shape index (κ2) is 6.05. The monoisotopic (exact) mass is 323 g/mol. The van der Waals surface area contributed by atoms with E-state index >= 15 is 0 Å². The Morgan fingerprint density at radius 1 is 1.38 bits per heavy atom. The smallest absolute Gasteiger partial charge is 0.266 e. The Morgan fingerprint density at radius 3 is 3.00 bits per heavy atom. The summed E-state index contributed by atoms with van der Waals surface area (Å²) in [6.45, 7) is 0.708. The van der Waals surface area contributed by atoms with Crippen molar-refractivity contribution >= 4 is 40.3 Å². The molecule has 2 heterocycles. The van der Waals surface area contributed by atoms with Crippen molar-refractivity contribution in [1.29, 1.82) is 0 Å². The van der Waals surface area contributed by atoms with E-state index in [2.05, 4.69) is 0 Å². The number of amides is 1. The van der Waals surface area contributed by atoms with E-state index in [9.17, 15) is 4.79 Å². The van der Waals surface area contributed by atoms with E-state index in [0.29, 0.717) is 33.7 Å². The summed E-state index contributed by atoms with van der Waals surface area (Å²) in [5.41, 5.74) is 0.863. The highest BCUT2D eigenvalue weighted by atomic mass is 32.2. The standard InChI is InChI=1S/C14H13NO4S2/c16-5-1-4-15-13(17)12(21-14(15)20)7-9-2-3-10-11(6-9)19-8-18-10/h2-3,6-7,16H,1,4-5,8H2/b12-7-. The molecule has 0 atom stereocenters. The lowest BCUT2D eigenvalue weighted by atomic mass is 10.2. The van der Waals surface area contributed by atoms with Gasteiger partial charge in [0.25, 0.3) is 5.91 Å². The maximum atomic E-state index is 12.3. The van der Waals surface area contributed by atoms with Gasteiger partial charge in [-0.1, -0.05) is 30.0 Å². The molecule has 1 N–H and O–H groups in total. The molecule has 2 aliphatic rings. The molecule has 7 heteroatoms. The number of nitrogens with zero attached hydrogens (tertiary/aromatic N) is 1. The number of thioether (sulfide) groups is 1. The van der Waals surface area contributed by atoms with E-state index in [1.54, 1.807) is 6.08 Å². The Balaban J connectivity index is 1.80. The van der Waals surface area contributed by atoms with Gasteiger partial charge in [0.05, 0.1) is 4.91 Å². The van der Waals surface area contributed by atoms with Gasteiger partial charge in [-0.15, -0.1) is 0 Å². The molecule has 1 aromatic rings. The van der Waals surface area contributed by atoms with Crippen molar-refractivity contribution < 1.29 is 19.4 Å². The first-order valence-electron chi connectivity index (χ1n) is 6.45. The molecule has 1 amide bonds. The van der Waals surface area contributed by atoms with Crippen LogP contribution in [0.1, 0.15) is 12.0 Å². The van der Waals surface area contributed by atoms with E-state index in [0.717, 1.165) is 5.56 Å². The van der Waals surface area contributed by atoms with Gasteiger partial charge in [0.1, 0.15) is 4.32 Å². The summed E-state index contributed by atoms with van der Waals surface area (Å²) >= 11 is 6.48. The zero-order valence-corrected chi connectivity index (χ0v) is 12.7. The molecular formula is C14H13NO4S2. The normalized spacial score (nSPS) is 18.9. The van der Waals surface area contributed by atoms with Crippen molar-refractivity contribution in [2.75, 3.05) is 19.9 Å². The van der Waals surface area contributed by atoms with Gasteiger partial charge in [-0.2, -0.15) is 0 Å². The molecule has 1 fully saturated rings. The molecule has 1 saturated heterocycles. The first-order chi connectivity index (χ1) is 10.2. The van der Waals surface area contributed by atoms with Gasteiger partial charge >= 0.3 is 0 Å². The van der Waals surface area contributed by atoms with Gasteiger partial charge in [0, 0.05) is 13.2 Å². The predicted molar refractivity (Wildman–Crippen MR) is 84.1 cm³/mol. The van der Waals surface area contributed by atoms with Crippen molar-refractivity contribution in [3.63, 3.8) is 0 Å². The van der Waals surface area contributed by atoms with Gasteiger partial charge in [-0.25, -0.2) is 0 Å². The van der Waals surface area contributed by atoms with Crippen molar-refractivity contribution in [2.24, 2.45) is 0 Å². The van der Waals surface area contributed by atoms with Gasteiger partial charge in [-0.05, 0) is 30.2 Å². The third-order valence-electron chi connectivity index (χ3n) is 3.11. The van der Waals surface area contributed by atoms with Crippen LogP contribution in [-0.4, -0.2) is 40.2 Å². The molecule has 0 spiro atoms. The topological polar surface area (TPSA) is 59.0 Å². The lowest BCUT2D eigenvalue weighted by Crippen LogP contribution is -2.29. The van der Waals surface area contributed by atoms with Crippen molar-refractivity contribution in [1.82, 2.24) is 4.90 Å². The lowest BCUT2D eigenvalue weighted by Gasteiger charge is -2.12. The highest BCUT2D eigenvalue weighted by Gasteiger charge is 2.31. The van der Waals surface area contributed by atoms with E-state index in [-0.39, 0.29) is 19.3 Å². The third-order valence-corrected chi connectivity index (χ3v) is 4.49. The van der Waals surface area contributed by atoms with Crippen LogP contribution in [0.5, 0.6) is 11.5 Å². The number of ether oxygens (including phenoxy) is 2. The largest absolute Gasteiger partial charge is 0.454 e. The average Bonchev–Trinajstić information content (AvgIpc) is 3.03. The van der Waals surface area contributed by atoms with Crippen molar-refractivity contribution in [3.8, 4) is 11.5 Å². The highest BCUT2D eigenvalue weighted by molar-refractivity contribution is 8.26. The van der Waals surface area contributed by atoms with Gasteiger partial charge < -0.3 is 14.6 Å². The fourth-order valence-electron chi connectivity index (χ4n) is 2.08. The first kappa shape index (κ1) is 14.4. The molecule has 110 valence electrons. The number of carbonyl (C=O) groups is 1. The number of hydrogen-bond acceptors (Lipinski definition) is 6. The Morgan fingerprint density at radius 2 is 2.19 bits per heavy atom. The number of fused-ring (bicyclic) bond motifs is 1. The van der Waals surface area contributed by atoms with Crippen LogP contribution >= 0.6 is 24.0 Å². The van der Waals surface area contributed by atoms with Crippen LogP contribution in [0.4, 0.5) is 0 Å². The fraction of sp³-hybridized carbons (Fsp3) is 0.286. The summed E-state index contributed by atoms with van der Waals surface area (Å²) in [6, 6.07) is 5.52. The second-order valence-corrected chi connectivity index (χ2v) is 6.20. The molecule has 1 aromatic carbocycles. The van der Waals surface area contributed by atoms with E-state index in [4.69, 9.17) is 26.8 Å². The number of thiocarbonyl (C=S) groups is 1. The number of benzene rings is 1. The number of carbonyl (C=O) groups excluding carboxylic acids is 1. The summed E-state index contributed by atoms with van der Waals surface area (Å²) in [7, 11) is 0. The first-order valence-corrected chi connectivity index (χ1v) is 7.67. The molecule has 0 bridgehead atoms. The lowest BCUT2D eigenvalue weighted by molar-refractivity contribution is -0.122. The Kier molecular flexibility index (Phi) is 4.14. The van der Waals surface area contributed by atoms with Crippen LogP contribution in [-0.2, 0) is 4.79 Å². The van der Waals surface area contributed by atoms with Crippen molar-refractivity contribution in [3.05, 3.63) is 28.7 Å². The summed E-state index contributed by atoms with van der Waals surface area (Å²) in [5.74, 6) is 1.28. The number of aliphatic hydroxyl groups excluding tert-OH is 1. The molecule has 2 aliphatic heterocycles. The van der Waals surface area contributed by atoms with Crippen LogP contribution in [0.25, 0.3) is 6.08 Å². The average molecular weight is 323 g/mol. The van der Waals surface area contributed by atoms with Crippen LogP contribution in [0.2, 0.25) is 0 Å². The highest BCUT2D eigenvalue weighted by Crippen LogP contribution is 2.36. The van der Waals surface area contributed by atoms with Crippen LogP contribution in [0, 0.1) is 0 Å². The third kappa shape index (κ3) is 2.90. The SMILES string of the molecule is O=C1/C(=C/c2ccc3c(c2)OCO3)SC(=S)N1CCCO. The van der Waals surface area contributed by atoms with Gasteiger partial charge in [-0.3, -0.25) is 9.69 Å². The van der Waals surface area contributed by atoms with E-state index in [1.807, 2.05) is 18.2 Å². The summed E-state index contributed by atoms with van der Waals surface area (Å²) in [6.07, 6.45) is 2.31. The minimum atomic E-state index is -0.115. The maximum absolute atomic E-state index is 12.3. The van der Waals surface area contributed by atoms with Gasteiger partial charge in [0.2, 0.25) is 6.79 Å². The predicted octanol–water partition coefficient (Wildman–Crippen LogP) is 2.00. The maximum Gasteiger partial charge on any atom is 0.266 e. The zero-order chi connectivity index (χ0) is 14.8. The minimum Gasteiger partial charge on any atom is -0.454 e. The summed E-state index contributed by atoms with van der Waals surface area (Å²) in [5, 5.41) is 8.86. The Labute approximate surface area is 131 Å². The Hall–Kier alpha value is -1.57. The van der Waals surface area contributed by atoms with E-state index < -0.39 is 0 Å².